The highest BCUT2D eigenvalue weighted by Crippen LogP contribution is 2.22. The van der Waals surface area contributed by atoms with E-state index in [1.54, 1.807) is 18.2 Å². The lowest BCUT2D eigenvalue weighted by Gasteiger charge is -2.32. The van der Waals surface area contributed by atoms with Crippen LogP contribution in [0.1, 0.15) is 12.5 Å². The second-order valence-electron chi connectivity index (χ2n) is 4.31. The van der Waals surface area contributed by atoms with E-state index in [-0.39, 0.29) is 10.6 Å². The molecule has 1 atom stereocenters. The molecule has 0 saturated carbocycles. The number of nitro groups is 1. The molecule has 88 valence electrons. The van der Waals surface area contributed by atoms with Crippen molar-refractivity contribution < 1.29 is 4.92 Å². The molecule has 0 aliphatic rings. The third-order valence-corrected chi connectivity index (χ3v) is 2.76. The topological polar surface area (TPSA) is 72.4 Å². The van der Waals surface area contributed by atoms with E-state index >= 15 is 0 Å². The number of hydrogen-bond acceptors (Lipinski definition) is 4. The number of nitrogens with two attached hydrogens (primary N) is 1. The SMILES string of the molecule is CN(C)C(C)(N)Cc1ccccc1[N+](=O)[O-]. The normalized spacial score (nSPS) is 14.8. The zero-order chi connectivity index (χ0) is 12.3. The molecule has 1 aromatic rings. The van der Waals surface area contributed by atoms with Gasteiger partial charge in [-0.05, 0) is 21.0 Å². The van der Waals surface area contributed by atoms with Crippen LogP contribution in [0.2, 0.25) is 0 Å². The fourth-order valence-electron chi connectivity index (χ4n) is 1.38. The Kier molecular flexibility index (Phi) is 3.62. The van der Waals surface area contributed by atoms with Crippen molar-refractivity contribution in [3.63, 3.8) is 0 Å². The number of hydrogen-bond donors (Lipinski definition) is 1. The third-order valence-electron chi connectivity index (χ3n) is 2.76. The molecule has 5 nitrogen and oxygen atoms in total. The molecule has 0 bridgehead atoms. The van der Waals surface area contributed by atoms with Gasteiger partial charge in [-0.25, -0.2) is 0 Å². The van der Waals surface area contributed by atoms with Crippen LogP contribution >= 0.6 is 0 Å². The van der Waals surface area contributed by atoms with Gasteiger partial charge in [0.25, 0.3) is 5.69 Å². The van der Waals surface area contributed by atoms with Crippen molar-refractivity contribution in [3.05, 3.63) is 39.9 Å². The molecule has 0 amide bonds. The summed E-state index contributed by atoms with van der Waals surface area (Å²) in [5.41, 5.74) is 6.26. The van der Waals surface area contributed by atoms with Crippen molar-refractivity contribution in [2.24, 2.45) is 5.73 Å². The Balaban J connectivity index is 3.02. The van der Waals surface area contributed by atoms with Crippen LogP contribution < -0.4 is 5.73 Å². The zero-order valence-corrected chi connectivity index (χ0v) is 9.80. The lowest BCUT2D eigenvalue weighted by atomic mass is 10.00. The average Bonchev–Trinajstić information content (AvgIpc) is 2.17. The summed E-state index contributed by atoms with van der Waals surface area (Å²) in [6.07, 6.45) is 0.442. The summed E-state index contributed by atoms with van der Waals surface area (Å²) >= 11 is 0. The van der Waals surface area contributed by atoms with Gasteiger partial charge in [0.15, 0.2) is 0 Å². The maximum absolute atomic E-state index is 10.8. The molecule has 0 heterocycles. The maximum Gasteiger partial charge on any atom is 0.272 e. The summed E-state index contributed by atoms with van der Waals surface area (Å²) in [4.78, 5) is 12.3. The molecule has 0 aliphatic carbocycles. The van der Waals surface area contributed by atoms with E-state index < -0.39 is 5.66 Å². The van der Waals surface area contributed by atoms with E-state index in [2.05, 4.69) is 0 Å². The van der Waals surface area contributed by atoms with Gasteiger partial charge >= 0.3 is 0 Å². The average molecular weight is 223 g/mol. The van der Waals surface area contributed by atoms with Gasteiger partial charge in [-0.2, -0.15) is 0 Å². The molecule has 1 unspecified atom stereocenters. The number of nitro benzene ring substituents is 1. The maximum atomic E-state index is 10.8. The monoisotopic (exact) mass is 223 g/mol. The second kappa shape index (κ2) is 4.59. The van der Waals surface area contributed by atoms with Crippen LogP contribution in [-0.4, -0.2) is 29.6 Å². The van der Waals surface area contributed by atoms with Crippen molar-refractivity contribution in [3.8, 4) is 0 Å². The Morgan fingerprint density at radius 2 is 2.00 bits per heavy atom. The summed E-state index contributed by atoms with van der Waals surface area (Å²) in [6.45, 7) is 1.85. The van der Waals surface area contributed by atoms with Crippen LogP contribution in [0.3, 0.4) is 0 Å². The number of nitrogens with zero attached hydrogens (tertiary/aromatic N) is 2. The smallest absolute Gasteiger partial charge is 0.272 e. The number of rotatable bonds is 4. The Hall–Kier alpha value is -1.46. The van der Waals surface area contributed by atoms with Crippen LogP contribution in [0.25, 0.3) is 0 Å². The molecule has 1 rings (SSSR count). The number of para-hydroxylation sites is 1. The molecule has 0 radical (unpaired) electrons. The molecule has 0 aromatic heterocycles. The van der Waals surface area contributed by atoms with E-state index in [0.29, 0.717) is 12.0 Å². The van der Waals surface area contributed by atoms with E-state index in [1.807, 2.05) is 25.9 Å². The Bertz CT molecular complexity index is 389. The minimum Gasteiger partial charge on any atom is -0.313 e. The summed E-state index contributed by atoms with van der Waals surface area (Å²) in [5, 5.41) is 10.8. The predicted molar refractivity (Wildman–Crippen MR) is 63.1 cm³/mol. The molecule has 0 aliphatic heterocycles. The summed E-state index contributed by atoms with van der Waals surface area (Å²) < 4.78 is 0. The number of likely N-dealkylation sites (N-methyl/N-ethyl adjacent to an activating group) is 1. The fraction of sp³-hybridized carbons (Fsp3) is 0.455. The Morgan fingerprint density at radius 3 is 2.50 bits per heavy atom. The van der Waals surface area contributed by atoms with Crippen LogP contribution in [0.4, 0.5) is 5.69 Å². The predicted octanol–water partition coefficient (Wildman–Crippen LogP) is 1.37. The third kappa shape index (κ3) is 2.77. The van der Waals surface area contributed by atoms with Crippen molar-refractivity contribution in [1.29, 1.82) is 0 Å². The summed E-state index contributed by atoms with van der Waals surface area (Å²) in [5.74, 6) is 0. The molecular weight excluding hydrogens is 206 g/mol. The molecule has 2 N–H and O–H groups in total. The molecular formula is C11H17N3O2. The zero-order valence-electron chi connectivity index (χ0n) is 9.80. The van der Waals surface area contributed by atoms with Crippen LogP contribution in [-0.2, 0) is 6.42 Å². The largest absolute Gasteiger partial charge is 0.313 e. The van der Waals surface area contributed by atoms with Gasteiger partial charge in [-0.15, -0.1) is 0 Å². The minimum atomic E-state index is -0.591. The van der Waals surface area contributed by atoms with Gasteiger partial charge in [0.1, 0.15) is 0 Å². The molecule has 0 fully saturated rings. The Morgan fingerprint density at radius 1 is 1.44 bits per heavy atom. The van der Waals surface area contributed by atoms with Gasteiger partial charge in [0, 0.05) is 18.1 Å². The first-order valence-corrected chi connectivity index (χ1v) is 5.03. The lowest BCUT2D eigenvalue weighted by molar-refractivity contribution is -0.385. The summed E-state index contributed by atoms with van der Waals surface area (Å²) in [7, 11) is 3.71. The molecule has 16 heavy (non-hydrogen) atoms. The standard InChI is InChI=1S/C11H17N3O2/c1-11(12,13(2)3)8-9-6-4-5-7-10(9)14(15)16/h4-7H,8,12H2,1-3H3. The van der Waals surface area contributed by atoms with Crippen molar-refractivity contribution in [2.45, 2.75) is 19.0 Å². The molecule has 0 spiro atoms. The highest BCUT2D eigenvalue weighted by atomic mass is 16.6. The van der Waals surface area contributed by atoms with Crippen molar-refractivity contribution in [1.82, 2.24) is 4.90 Å². The fourth-order valence-corrected chi connectivity index (χ4v) is 1.38. The highest BCUT2D eigenvalue weighted by molar-refractivity contribution is 5.40. The van der Waals surface area contributed by atoms with E-state index in [1.165, 1.54) is 6.07 Å². The van der Waals surface area contributed by atoms with Gasteiger partial charge in [0.05, 0.1) is 10.6 Å². The van der Waals surface area contributed by atoms with E-state index in [9.17, 15) is 10.1 Å². The Labute approximate surface area is 95.0 Å². The number of benzene rings is 1. The van der Waals surface area contributed by atoms with Crippen LogP contribution in [0, 0.1) is 10.1 Å². The van der Waals surface area contributed by atoms with Crippen LogP contribution in [0.5, 0.6) is 0 Å². The molecule has 1 aromatic carbocycles. The van der Waals surface area contributed by atoms with Gasteiger partial charge in [-0.3, -0.25) is 15.0 Å². The minimum absolute atomic E-state index is 0.126. The van der Waals surface area contributed by atoms with Crippen molar-refractivity contribution in [2.75, 3.05) is 14.1 Å². The molecule has 5 heteroatoms. The van der Waals surface area contributed by atoms with Gasteiger partial charge in [-0.1, -0.05) is 18.2 Å². The lowest BCUT2D eigenvalue weighted by Crippen LogP contribution is -2.51. The van der Waals surface area contributed by atoms with Gasteiger partial charge in [0.2, 0.25) is 0 Å². The first-order valence-electron chi connectivity index (χ1n) is 5.03. The first-order chi connectivity index (χ1) is 7.34. The summed E-state index contributed by atoms with van der Waals surface area (Å²) in [6, 6.07) is 6.69. The first kappa shape index (κ1) is 12.6. The van der Waals surface area contributed by atoms with Crippen molar-refractivity contribution >= 4 is 5.69 Å². The highest BCUT2D eigenvalue weighted by Gasteiger charge is 2.25. The quantitative estimate of drug-likeness (QED) is 0.475. The van der Waals surface area contributed by atoms with E-state index in [0.717, 1.165) is 0 Å². The van der Waals surface area contributed by atoms with E-state index in [4.69, 9.17) is 5.73 Å². The molecule has 0 saturated heterocycles. The van der Waals surface area contributed by atoms with Crippen LogP contribution in [0.15, 0.2) is 24.3 Å². The second-order valence-corrected chi connectivity index (χ2v) is 4.31. The van der Waals surface area contributed by atoms with Gasteiger partial charge < -0.3 is 5.73 Å².